The second-order valence-corrected chi connectivity index (χ2v) is 35.7. The molecule has 434 valence electrons. The molecule has 0 heterocycles. The van der Waals surface area contributed by atoms with Crippen LogP contribution in [0.4, 0.5) is 0 Å². The molecule has 0 N–H and O–H groups in total. The molecule has 0 aliphatic rings. The lowest BCUT2D eigenvalue weighted by molar-refractivity contribution is -0.155. The molecular formula is C62H125NO8Si2. The lowest BCUT2D eigenvalue weighted by Gasteiger charge is -2.42. The van der Waals surface area contributed by atoms with Gasteiger partial charge in [0.05, 0.1) is 18.8 Å². The topological polar surface area (TPSA) is 101 Å². The monoisotopic (exact) mass is 1070 g/mol. The molecule has 2 unspecified atom stereocenters. The summed E-state index contributed by atoms with van der Waals surface area (Å²) in [5, 5.41) is 0.0545. The van der Waals surface area contributed by atoms with Crippen LogP contribution in [0.5, 0.6) is 0 Å². The third-order valence-corrected chi connectivity index (χ3v) is 24.7. The lowest BCUT2D eigenvalue weighted by atomic mass is 10.0. The zero-order valence-corrected chi connectivity index (χ0v) is 53.6. The van der Waals surface area contributed by atoms with Crippen LogP contribution in [0, 0.1) is 0 Å². The Kier molecular flexibility index (Phi) is 40.2. The average Bonchev–Trinajstić information content (AvgIpc) is 3.27. The summed E-state index contributed by atoms with van der Waals surface area (Å²) in [5.74, 6) is -0.324. The van der Waals surface area contributed by atoms with Crippen LogP contribution < -0.4 is 0 Å². The van der Waals surface area contributed by atoms with Gasteiger partial charge >= 0.3 is 17.9 Å². The minimum absolute atomic E-state index is 0.0158. The highest BCUT2D eigenvalue weighted by Gasteiger charge is 2.41. The maximum Gasteiger partial charge on any atom is 0.306 e. The highest BCUT2D eigenvalue weighted by atomic mass is 28.4. The van der Waals surface area contributed by atoms with Crippen LogP contribution in [0.25, 0.3) is 0 Å². The number of rotatable bonds is 47. The SMILES string of the molecule is CCCCCCCCCCCOC(=O)CCCC(CN(CCCC(=O)OC(C)(C)C)CC(CCCCCC(=O)OC(CCCCCCCC)CCCCCCCC)O[Si](C)(C)C(C)(C)C)O[Si](C)(C)C(C)(C)C. The van der Waals surface area contributed by atoms with Crippen molar-refractivity contribution in [2.75, 3.05) is 26.2 Å². The lowest BCUT2D eigenvalue weighted by Crippen LogP contribution is -2.50. The maximum atomic E-state index is 13.3. The van der Waals surface area contributed by atoms with Gasteiger partial charge in [-0.3, -0.25) is 19.3 Å². The summed E-state index contributed by atoms with van der Waals surface area (Å²) < 4.78 is 32.2. The zero-order valence-electron chi connectivity index (χ0n) is 51.6. The first kappa shape index (κ1) is 71.7. The van der Waals surface area contributed by atoms with Crippen molar-refractivity contribution in [2.24, 2.45) is 0 Å². The molecule has 0 aromatic rings. The predicted molar refractivity (Wildman–Crippen MR) is 317 cm³/mol. The standard InChI is InChI=1S/C62H125NO8Si2/c1-17-20-23-26-29-30-31-34-40-51-67-57(64)48-41-46-56(71-73(15,16)62(10,11)12)53-63(50-42-49-59(66)69-60(4,5)6)52-55(70-72(13,14)61(7,8)9)45-38-35-39-47-58(65)68-54(43-36-32-27-24-21-18-2)44-37-33-28-25-22-19-3/h54-56H,17-53H2,1-16H3. The van der Waals surface area contributed by atoms with E-state index < -0.39 is 22.2 Å². The van der Waals surface area contributed by atoms with Crippen molar-refractivity contribution in [3.05, 3.63) is 0 Å². The van der Waals surface area contributed by atoms with Gasteiger partial charge in [-0.1, -0.05) is 191 Å². The Morgan fingerprint density at radius 3 is 1.19 bits per heavy atom. The van der Waals surface area contributed by atoms with E-state index in [1.807, 2.05) is 20.8 Å². The van der Waals surface area contributed by atoms with Crippen molar-refractivity contribution in [3.8, 4) is 0 Å². The quantitative estimate of drug-likeness (QED) is 0.0255. The summed E-state index contributed by atoms with van der Waals surface area (Å²) >= 11 is 0. The van der Waals surface area contributed by atoms with Gasteiger partial charge in [0, 0.05) is 32.4 Å². The Morgan fingerprint density at radius 1 is 0.411 bits per heavy atom. The predicted octanol–water partition coefficient (Wildman–Crippen LogP) is 18.8. The Labute approximate surface area is 456 Å². The maximum absolute atomic E-state index is 13.3. The molecule has 11 heteroatoms. The molecule has 0 saturated heterocycles. The molecule has 2 atom stereocenters. The van der Waals surface area contributed by atoms with Gasteiger partial charge in [0.15, 0.2) is 16.6 Å². The number of ether oxygens (including phenoxy) is 3. The molecule has 0 radical (unpaired) electrons. The van der Waals surface area contributed by atoms with Gasteiger partial charge in [0.25, 0.3) is 0 Å². The molecular weight excluding hydrogens is 943 g/mol. The van der Waals surface area contributed by atoms with E-state index in [0.29, 0.717) is 51.8 Å². The van der Waals surface area contributed by atoms with E-state index in [2.05, 4.69) is 93.4 Å². The summed E-state index contributed by atoms with van der Waals surface area (Å²) in [4.78, 5) is 41.9. The van der Waals surface area contributed by atoms with Crippen LogP contribution in [0.15, 0.2) is 0 Å². The molecule has 0 fully saturated rings. The first-order valence-electron chi connectivity index (χ1n) is 30.9. The number of esters is 3. The van der Waals surface area contributed by atoms with Crippen molar-refractivity contribution in [1.29, 1.82) is 0 Å². The van der Waals surface area contributed by atoms with Crippen LogP contribution >= 0.6 is 0 Å². The normalized spacial score (nSPS) is 13.7. The number of carbonyl (C=O) groups excluding carboxylic acids is 3. The van der Waals surface area contributed by atoms with Crippen molar-refractivity contribution >= 4 is 34.5 Å². The van der Waals surface area contributed by atoms with Gasteiger partial charge in [-0.25, -0.2) is 0 Å². The molecule has 0 rings (SSSR count). The minimum Gasteiger partial charge on any atom is -0.466 e. The molecule has 0 amide bonds. The minimum atomic E-state index is -2.19. The van der Waals surface area contributed by atoms with E-state index in [-0.39, 0.29) is 46.3 Å². The van der Waals surface area contributed by atoms with Crippen LogP contribution in [-0.4, -0.2) is 89.6 Å². The highest BCUT2D eigenvalue weighted by Crippen LogP contribution is 2.39. The Morgan fingerprint density at radius 2 is 0.767 bits per heavy atom. The fourth-order valence-electron chi connectivity index (χ4n) is 9.01. The first-order chi connectivity index (χ1) is 34.3. The van der Waals surface area contributed by atoms with Crippen LogP contribution in [0.3, 0.4) is 0 Å². The molecule has 0 spiro atoms. The van der Waals surface area contributed by atoms with Gasteiger partial charge in [0.2, 0.25) is 0 Å². The van der Waals surface area contributed by atoms with E-state index in [1.54, 1.807) is 0 Å². The van der Waals surface area contributed by atoms with E-state index in [4.69, 9.17) is 23.1 Å². The van der Waals surface area contributed by atoms with Crippen molar-refractivity contribution in [3.63, 3.8) is 0 Å². The van der Waals surface area contributed by atoms with Gasteiger partial charge in [-0.2, -0.15) is 0 Å². The summed E-state index contributed by atoms with van der Waals surface area (Å²) in [5.41, 5.74) is -0.533. The fraction of sp³-hybridized carbons (Fsp3) is 0.952. The van der Waals surface area contributed by atoms with Crippen LogP contribution in [-0.2, 0) is 37.4 Å². The summed E-state index contributed by atoms with van der Waals surface area (Å²) in [6.45, 7) is 38.2. The summed E-state index contributed by atoms with van der Waals surface area (Å²) in [6.07, 6.45) is 35.0. The largest absolute Gasteiger partial charge is 0.466 e. The number of carbonyl (C=O) groups is 3. The summed E-state index contributed by atoms with van der Waals surface area (Å²) in [7, 11) is -4.37. The van der Waals surface area contributed by atoms with Crippen LogP contribution in [0.2, 0.25) is 36.3 Å². The highest BCUT2D eigenvalue weighted by molar-refractivity contribution is 6.74. The molecule has 9 nitrogen and oxygen atoms in total. The van der Waals surface area contributed by atoms with Gasteiger partial charge in [0.1, 0.15) is 11.7 Å². The van der Waals surface area contributed by atoms with E-state index in [9.17, 15) is 14.4 Å². The Hall–Kier alpha value is -1.28. The molecule has 73 heavy (non-hydrogen) atoms. The second-order valence-electron chi connectivity index (χ2n) is 26.2. The van der Waals surface area contributed by atoms with Gasteiger partial charge in [-0.05, 0) is 128 Å². The van der Waals surface area contributed by atoms with Crippen LogP contribution in [0.1, 0.15) is 295 Å². The van der Waals surface area contributed by atoms with E-state index in [1.165, 1.54) is 109 Å². The fourth-order valence-corrected chi connectivity index (χ4v) is 11.8. The number of unbranched alkanes of at least 4 members (excludes halogenated alkanes) is 20. The number of nitrogens with zero attached hydrogens (tertiary/aromatic N) is 1. The third kappa shape index (κ3) is 39.7. The van der Waals surface area contributed by atoms with Crippen molar-refractivity contribution in [2.45, 2.75) is 355 Å². The third-order valence-electron chi connectivity index (χ3n) is 15.6. The number of hydrogen-bond donors (Lipinski definition) is 0. The smallest absolute Gasteiger partial charge is 0.306 e. The molecule has 0 aromatic heterocycles. The van der Waals surface area contributed by atoms with Crippen molar-refractivity contribution < 1.29 is 37.4 Å². The van der Waals surface area contributed by atoms with E-state index in [0.717, 1.165) is 77.2 Å². The average molecular weight is 1070 g/mol. The molecule has 0 aliphatic heterocycles. The Balaban J connectivity index is 6.09. The Bertz CT molecular complexity index is 1350. The number of hydrogen-bond acceptors (Lipinski definition) is 9. The molecule has 0 bridgehead atoms. The molecule has 0 saturated carbocycles. The van der Waals surface area contributed by atoms with Gasteiger partial charge in [-0.15, -0.1) is 0 Å². The molecule has 0 aliphatic carbocycles. The second kappa shape index (κ2) is 40.9. The van der Waals surface area contributed by atoms with Gasteiger partial charge < -0.3 is 23.1 Å². The van der Waals surface area contributed by atoms with E-state index >= 15 is 0 Å². The van der Waals surface area contributed by atoms with Crippen molar-refractivity contribution in [1.82, 2.24) is 4.90 Å². The first-order valence-corrected chi connectivity index (χ1v) is 36.7. The summed E-state index contributed by atoms with van der Waals surface area (Å²) in [6, 6.07) is 0. The zero-order chi connectivity index (χ0) is 55.2. The molecule has 0 aromatic carbocycles.